The molecule has 0 aromatic heterocycles. The van der Waals surface area contributed by atoms with Gasteiger partial charge in [-0.2, -0.15) is 0 Å². The predicted molar refractivity (Wildman–Crippen MR) is 70.3 cm³/mol. The number of ether oxygens (including phenoxy) is 1. The zero-order chi connectivity index (χ0) is 13.2. The molecule has 0 aliphatic rings. The summed E-state index contributed by atoms with van der Waals surface area (Å²) in [5.74, 6) is -0.538. The van der Waals surface area contributed by atoms with Gasteiger partial charge in [0, 0.05) is 12.2 Å². The van der Waals surface area contributed by atoms with Crippen LogP contribution in [0.2, 0.25) is 0 Å². The summed E-state index contributed by atoms with van der Waals surface area (Å²) in [6.07, 6.45) is 4.73. The van der Waals surface area contributed by atoms with Crippen molar-refractivity contribution in [1.82, 2.24) is 0 Å². The first kappa shape index (κ1) is 14.5. The van der Waals surface area contributed by atoms with Crippen LogP contribution in [-0.2, 0) is 20.7 Å². The van der Waals surface area contributed by atoms with E-state index in [1.165, 1.54) is 5.56 Å². The number of halogens is 1. The third kappa shape index (κ3) is 6.86. The number of unbranched alkanes of at least 4 members (excludes halogenated alkanes) is 1. The van der Waals surface area contributed by atoms with Crippen LogP contribution in [0.1, 0.15) is 18.4 Å². The second-order valence-corrected chi connectivity index (χ2v) is 4.12. The van der Waals surface area contributed by atoms with Crippen LogP contribution in [0.15, 0.2) is 42.5 Å². The molecule has 0 bridgehead atoms. The molecule has 0 saturated carbocycles. The first-order valence-electron chi connectivity index (χ1n) is 5.76. The molecule has 0 N–H and O–H groups in total. The van der Waals surface area contributed by atoms with E-state index in [-0.39, 0.29) is 0 Å². The summed E-state index contributed by atoms with van der Waals surface area (Å²) >= 11 is 5.04. The Morgan fingerprint density at radius 1 is 1.11 bits per heavy atom. The lowest BCUT2D eigenvalue weighted by Gasteiger charge is -2.02. The van der Waals surface area contributed by atoms with Gasteiger partial charge in [-0.3, -0.25) is 4.79 Å². The number of rotatable bonds is 7. The average Bonchev–Trinajstić information content (AvgIpc) is 2.37. The molecule has 0 atom stereocenters. The highest BCUT2D eigenvalue weighted by molar-refractivity contribution is 6.66. The van der Waals surface area contributed by atoms with Gasteiger partial charge in [0.25, 0.3) is 0 Å². The van der Waals surface area contributed by atoms with Crippen molar-refractivity contribution in [1.29, 1.82) is 0 Å². The molecule has 1 aromatic rings. The van der Waals surface area contributed by atoms with Crippen LogP contribution in [0.4, 0.5) is 0 Å². The van der Waals surface area contributed by atoms with Gasteiger partial charge in [0.15, 0.2) is 0 Å². The van der Waals surface area contributed by atoms with E-state index in [0.29, 0.717) is 6.61 Å². The molecule has 0 heterocycles. The Morgan fingerprint density at radius 3 is 2.50 bits per heavy atom. The van der Waals surface area contributed by atoms with Gasteiger partial charge in [0.1, 0.15) is 0 Å². The molecule has 0 spiro atoms. The first-order chi connectivity index (χ1) is 8.68. The van der Waals surface area contributed by atoms with Crippen molar-refractivity contribution in [2.45, 2.75) is 19.3 Å². The summed E-state index contributed by atoms with van der Waals surface area (Å²) in [7, 11) is 0. The van der Waals surface area contributed by atoms with E-state index in [1.54, 1.807) is 0 Å². The maximum absolute atomic E-state index is 11.1. The molecule has 0 saturated heterocycles. The molecule has 0 fully saturated rings. The highest BCUT2D eigenvalue weighted by Crippen LogP contribution is 2.04. The minimum absolute atomic E-state index is 0.354. The average molecular weight is 267 g/mol. The second kappa shape index (κ2) is 8.48. The molecule has 0 aliphatic carbocycles. The number of carbonyl (C=O) groups excluding carboxylic acids is 2. The van der Waals surface area contributed by atoms with Crippen LogP contribution >= 0.6 is 11.6 Å². The van der Waals surface area contributed by atoms with Crippen molar-refractivity contribution in [3.05, 3.63) is 48.0 Å². The van der Waals surface area contributed by atoms with Crippen LogP contribution in [0.3, 0.4) is 0 Å². The van der Waals surface area contributed by atoms with Crippen LogP contribution in [-0.4, -0.2) is 17.8 Å². The largest absolute Gasteiger partial charge is 0.463 e. The summed E-state index contributed by atoms with van der Waals surface area (Å²) in [5, 5.41) is -0.684. The monoisotopic (exact) mass is 266 g/mol. The molecule has 1 rings (SSSR count). The fourth-order valence-electron chi connectivity index (χ4n) is 1.43. The van der Waals surface area contributed by atoms with E-state index >= 15 is 0 Å². The Morgan fingerprint density at radius 2 is 1.83 bits per heavy atom. The molecule has 96 valence electrons. The quantitative estimate of drug-likeness (QED) is 0.330. The Labute approximate surface area is 111 Å². The van der Waals surface area contributed by atoms with E-state index in [2.05, 4.69) is 12.1 Å². The number of esters is 1. The smallest absolute Gasteiger partial charge is 0.330 e. The summed E-state index contributed by atoms with van der Waals surface area (Å²) in [4.78, 5) is 21.4. The molecular weight excluding hydrogens is 252 g/mol. The number of carbonyl (C=O) groups is 2. The molecule has 0 aliphatic heterocycles. The number of aryl methyl sites for hydroxylation is 1. The third-order valence-electron chi connectivity index (χ3n) is 2.30. The Kier molecular flexibility index (Phi) is 6.81. The number of hydrogen-bond acceptors (Lipinski definition) is 3. The summed E-state index contributed by atoms with van der Waals surface area (Å²) in [6.45, 7) is 0.354. The maximum atomic E-state index is 11.1. The number of allylic oxidation sites excluding steroid dienone is 1. The fraction of sp³-hybridized carbons (Fsp3) is 0.286. The Bertz CT molecular complexity index is 412. The van der Waals surface area contributed by atoms with Crippen molar-refractivity contribution in [2.24, 2.45) is 0 Å². The molecule has 18 heavy (non-hydrogen) atoms. The van der Waals surface area contributed by atoms with E-state index in [1.807, 2.05) is 18.2 Å². The minimum atomic E-state index is -0.684. The molecule has 0 unspecified atom stereocenters. The van der Waals surface area contributed by atoms with E-state index in [9.17, 15) is 9.59 Å². The fourth-order valence-corrected chi connectivity index (χ4v) is 1.49. The van der Waals surface area contributed by atoms with Gasteiger partial charge in [0.2, 0.25) is 5.24 Å². The van der Waals surface area contributed by atoms with E-state index < -0.39 is 11.2 Å². The lowest BCUT2D eigenvalue weighted by Crippen LogP contribution is -2.03. The third-order valence-corrected chi connectivity index (χ3v) is 2.42. The van der Waals surface area contributed by atoms with Gasteiger partial charge in [0.05, 0.1) is 6.61 Å². The standard InChI is InChI=1S/C14H15ClO3/c15-13(16)9-10-14(17)18-11-5-4-8-12-6-2-1-3-7-12/h1-3,6-7,9-10H,4-5,8,11H2/b10-9+. The number of hydrogen-bond donors (Lipinski definition) is 0. The van der Waals surface area contributed by atoms with Crippen molar-refractivity contribution >= 4 is 22.8 Å². The summed E-state index contributed by atoms with van der Waals surface area (Å²) < 4.78 is 4.89. The molecule has 3 nitrogen and oxygen atoms in total. The van der Waals surface area contributed by atoms with E-state index in [4.69, 9.17) is 16.3 Å². The lowest BCUT2D eigenvalue weighted by atomic mass is 10.1. The number of benzene rings is 1. The van der Waals surface area contributed by atoms with Crippen molar-refractivity contribution in [2.75, 3.05) is 6.61 Å². The predicted octanol–water partition coefficient (Wildman–Crippen LogP) is 2.87. The van der Waals surface area contributed by atoms with Crippen LogP contribution in [0.25, 0.3) is 0 Å². The summed E-state index contributed by atoms with van der Waals surface area (Å²) in [6, 6.07) is 10.1. The van der Waals surface area contributed by atoms with Crippen LogP contribution in [0, 0.1) is 0 Å². The zero-order valence-corrected chi connectivity index (χ0v) is 10.7. The second-order valence-electron chi connectivity index (χ2n) is 3.75. The SMILES string of the molecule is O=C(Cl)/C=C/C(=O)OCCCCc1ccccc1. The molecule has 0 radical (unpaired) electrons. The highest BCUT2D eigenvalue weighted by atomic mass is 35.5. The highest BCUT2D eigenvalue weighted by Gasteiger charge is 1.98. The van der Waals surface area contributed by atoms with Crippen molar-refractivity contribution < 1.29 is 14.3 Å². The van der Waals surface area contributed by atoms with Gasteiger partial charge in [-0.1, -0.05) is 30.3 Å². The molecule has 1 aromatic carbocycles. The molecule has 4 heteroatoms. The van der Waals surface area contributed by atoms with Gasteiger partial charge in [-0.05, 0) is 36.4 Å². The minimum Gasteiger partial charge on any atom is -0.463 e. The van der Waals surface area contributed by atoms with Gasteiger partial charge >= 0.3 is 5.97 Å². The lowest BCUT2D eigenvalue weighted by molar-refractivity contribution is -0.138. The molecule has 0 amide bonds. The first-order valence-corrected chi connectivity index (χ1v) is 6.14. The maximum Gasteiger partial charge on any atom is 0.330 e. The van der Waals surface area contributed by atoms with Gasteiger partial charge in [-0.25, -0.2) is 4.79 Å². The van der Waals surface area contributed by atoms with Crippen LogP contribution in [0.5, 0.6) is 0 Å². The normalized spacial score (nSPS) is 10.5. The Hall–Kier alpha value is -1.61. The van der Waals surface area contributed by atoms with Crippen LogP contribution < -0.4 is 0 Å². The Balaban J connectivity index is 2.09. The van der Waals surface area contributed by atoms with Crippen molar-refractivity contribution in [3.8, 4) is 0 Å². The topological polar surface area (TPSA) is 43.4 Å². The van der Waals surface area contributed by atoms with E-state index in [0.717, 1.165) is 31.4 Å². The van der Waals surface area contributed by atoms with Gasteiger partial charge in [-0.15, -0.1) is 0 Å². The van der Waals surface area contributed by atoms with Crippen molar-refractivity contribution in [3.63, 3.8) is 0 Å². The zero-order valence-electron chi connectivity index (χ0n) is 9.97. The molecular formula is C14H15ClO3. The summed E-state index contributed by atoms with van der Waals surface area (Å²) in [5.41, 5.74) is 1.27. The van der Waals surface area contributed by atoms with Gasteiger partial charge < -0.3 is 4.74 Å².